The highest BCUT2D eigenvalue weighted by molar-refractivity contribution is 5.94. The van der Waals surface area contributed by atoms with Crippen LogP contribution in [-0.2, 0) is 16.0 Å². The summed E-state index contributed by atoms with van der Waals surface area (Å²) < 4.78 is 0. The molecule has 0 bridgehead atoms. The normalized spacial score (nSPS) is 18.6. The molecule has 0 aromatic heterocycles. The molecule has 1 fully saturated rings. The fraction of sp³-hybridized carbons (Fsp3) is 0.552. The summed E-state index contributed by atoms with van der Waals surface area (Å²) in [6.07, 6.45) is 6.66. The van der Waals surface area contributed by atoms with Crippen molar-refractivity contribution in [3.05, 3.63) is 59.2 Å². The van der Waals surface area contributed by atoms with Crippen molar-refractivity contribution in [2.24, 2.45) is 0 Å². The zero-order valence-corrected chi connectivity index (χ0v) is 22.7. The van der Waals surface area contributed by atoms with E-state index in [0.29, 0.717) is 24.6 Å². The van der Waals surface area contributed by atoms with E-state index in [2.05, 4.69) is 36.1 Å². The van der Waals surface area contributed by atoms with Crippen molar-refractivity contribution in [3.63, 3.8) is 0 Å². The van der Waals surface area contributed by atoms with Crippen molar-refractivity contribution < 1.29 is 19.5 Å². The van der Waals surface area contributed by atoms with Crippen molar-refractivity contribution in [1.82, 2.24) is 20.4 Å². The molecule has 1 aromatic carbocycles. The SMILES string of the molecule is C=CC1=C(CCC)CC(NCC(O)CNC(=O)c2ccc(CC=O)cc2)C1.CC(=O)N1CCN(C)CC1. The van der Waals surface area contributed by atoms with Crippen molar-refractivity contribution in [2.45, 2.75) is 58.1 Å². The number of aldehydes is 1. The number of carbonyl (C=O) groups excluding carboxylic acids is 3. The highest BCUT2D eigenvalue weighted by Crippen LogP contribution is 2.30. The molecule has 2 aliphatic rings. The first-order valence-electron chi connectivity index (χ1n) is 13.3. The van der Waals surface area contributed by atoms with Gasteiger partial charge in [-0.1, -0.05) is 43.7 Å². The van der Waals surface area contributed by atoms with Gasteiger partial charge in [-0.2, -0.15) is 0 Å². The van der Waals surface area contributed by atoms with E-state index >= 15 is 0 Å². The van der Waals surface area contributed by atoms with E-state index in [-0.39, 0.29) is 18.4 Å². The molecule has 0 saturated carbocycles. The number of allylic oxidation sites excluding steroid dienone is 1. The summed E-state index contributed by atoms with van der Waals surface area (Å²) in [5.41, 5.74) is 4.18. The van der Waals surface area contributed by atoms with Crippen LogP contribution in [0.4, 0.5) is 0 Å². The summed E-state index contributed by atoms with van der Waals surface area (Å²) in [6, 6.07) is 7.23. The van der Waals surface area contributed by atoms with Gasteiger partial charge in [0.1, 0.15) is 6.29 Å². The monoisotopic (exact) mass is 512 g/mol. The topological polar surface area (TPSA) is 102 Å². The Balaban J connectivity index is 0.000000402. The molecule has 1 heterocycles. The summed E-state index contributed by atoms with van der Waals surface area (Å²) in [5, 5.41) is 16.3. The van der Waals surface area contributed by atoms with Gasteiger partial charge < -0.3 is 30.3 Å². The fourth-order valence-corrected chi connectivity index (χ4v) is 4.54. The summed E-state index contributed by atoms with van der Waals surface area (Å²) in [7, 11) is 2.08. The quantitative estimate of drug-likeness (QED) is 0.394. The standard InChI is InChI=1S/C22H30N2O3.C7H14N2O/c1-3-5-19-13-20(12-17(19)4-2)23-14-21(26)15-24-22(27)18-8-6-16(7-9-18)10-11-25;1-7(10)9-5-3-8(2)4-6-9/h4,6-9,11,20-21,23,26H,2-3,5,10,12-15H2,1H3,(H,24,27);3-6H2,1-2H3. The number of aliphatic hydroxyl groups is 1. The molecule has 204 valence electrons. The number of nitrogens with one attached hydrogen (secondary N) is 2. The van der Waals surface area contributed by atoms with Crippen LogP contribution in [0.3, 0.4) is 0 Å². The van der Waals surface area contributed by atoms with Crippen LogP contribution >= 0.6 is 0 Å². The summed E-state index contributed by atoms with van der Waals surface area (Å²) >= 11 is 0. The molecule has 8 nitrogen and oxygen atoms in total. The predicted octanol–water partition coefficient (Wildman–Crippen LogP) is 2.33. The van der Waals surface area contributed by atoms with Crippen LogP contribution in [0.1, 0.15) is 55.5 Å². The van der Waals surface area contributed by atoms with Gasteiger partial charge in [0.2, 0.25) is 5.91 Å². The summed E-state index contributed by atoms with van der Waals surface area (Å²) in [6.45, 7) is 12.2. The molecular formula is C29H44N4O4. The predicted molar refractivity (Wildman–Crippen MR) is 147 cm³/mol. The number of likely N-dealkylation sites (N-methyl/N-ethyl adjacent to an activating group) is 1. The van der Waals surface area contributed by atoms with Gasteiger partial charge in [-0.3, -0.25) is 9.59 Å². The van der Waals surface area contributed by atoms with Crippen LogP contribution in [0.5, 0.6) is 0 Å². The van der Waals surface area contributed by atoms with Gasteiger partial charge in [0.25, 0.3) is 5.91 Å². The minimum atomic E-state index is -0.648. The van der Waals surface area contributed by atoms with E-state index in [1.54, 1.807) is 31.2 Å². The first-order chi connectivity index (χ1) is 17.8. The Morgan fingerprint density at radius 1 is 1.14 bits per heavy atom. The maximum Gasteiger partial charge on any atom is 0.251 e. The van der Waals surface area contributed by atoms with Gasteiger partial charge in [-0.05, 0) is 49.6 Å². The lowest BCUT2D eigenvalue weighted by molar-refractivity contribution is -0.130. The Morgan fingerprint density at radius 2 is 1.81 bits per heavy atom. The average molecular weight is 513 g/mol. The van der Waals surface area contributed by atoms with Crippen LogP contribution in [0, 0.1) is 0 Å². The second-order valence-electron chi connectivity index (χ2n) is 9.84. The Labute approximate surface area is 221 Å². The van der Waals surface area contributed by atoms with Crippen LogP contribution in [-0.4, -0.2) is 91.5 Å². The molecule has 0 radical (unpaired) electrons. The zero-order valence-electron chi connectivity index (χ0n) is 22.7. The number of piperazine rings is 1. The third-order valence-corrected chi connectivity index (χ3v) is 6.84. The van der Waals surface area contributed by atoms with Crippen LogP contribution < -0.4 is 10.6 Å². The van der Waals surface area contributed by atoms with Gasteiger partial charge >= 0.3 is 0 Å². The average Bonchev–Trinajstić information content (AvgIpc) is 3.29. The minimum absolute atomic E-state index is 0.193. The number of rotatable bonds is 11. The van der Waals surface area contributed by atoms with E-state index in [1.165, 1.54) is 11.1 Å². The molecule has 1 aliphatic carbocycles. The molecule has 8 heteroatoms. The molecule has 1 aromatic rings. The van der Waals surface area contributed by atoms with E-state index in [4.69, 9.17) is 0 Å². The zero-order chi connectivity index (χ0) is 27.2. The minimum Gasteiger partial charge on any atom is -0.390 e. The van der Waals surface area contributed by atoms with Crippen molar-refractivity contribution >= 4 is 18.1 Å². The molecule has 1 saturated heterocycles. The third-order valence-electron chi connectivity index (χ3n) is 6.84. The Morgan fingerprint density at radius 3 is 2.38 bits per heavy atom. The number of aliphatic hydroxyl groups excluding tert-OH is 1. The van der Waals surface area contributed by atoms with Crippen LogP contribution in [0.15, 0.2) is 48.1 Å². The second kappa shape index (κ2) is 16.1. The van der Waals surface area contributed by atoms with Gasteiger partial charge in [0.05, 0.1) is 6.10 Å². The lowest BCUT2D eigenvalue weighted by Crippen LogP contribution is -2.46. The Bertz CT molecular complexity index is 920. The fourth-order valence-electron chi connectivity index (χ4n) is 4.54. The number of carbonyl (C=O) groups is 3. The van der Waals surface area contributed by atoms with Crippen molar-refractivity contribution in [3.8, 4) is 0 Å². The molecule has 0 spiro atoms. The van der Waals surface area contributed by atoms with E-state index in [0.717, 1.165) is 63.7 Å². The van der Waals surface area contributed by atoms with Crippen LogP contribution in [0.2, 0.25) is 0 Å². The van der Waals surface area contributed by atoms with Crippen LogP contribution in [0.25, 0.3) is 0 Å². The molecule has 2 atom stereocenters. The molecule has 1 aliphatic heterocycles. The maximum absolute atomic E-state index is 12.1. The molecule has 2 unspecified atom stereocenters. The first-order valence-corrected chi connectivity index (χ1v) is 13.3. The smallest absolute Gasteiger partial charge is 0.251 e. The lowest BCUT2D eigenvalue weighted by atomic mass is 10.1. The molecule has 3 N–H and O–H groups in total. The molecule has 3 rings (SSSR count). The number of hydrogen-bond donors (Lipinski definition) is 3. The van der Waals surface area contributed by atoms with E-state index in [9.17, 15) is 19.5 Å². The van der Waals surface area contributed by atoms with Crippen molar-refractivity contribution in [1.29, 1.82) is 0 Å². The van der Waals surface area contributed by atoms with Gasteiger partial charge in [-0.15, -0.1) is 0 Å². The van der Waals surface area contributed by atoms with E-state index in [1.807, 2.05) is 11.0 Å². The van der Waals surface area contributed by atoms with Gasteiger partial charge in [0.15, 0.2) is 0 Å². The maximum atomic E-state index is 12.1. The highest BCUT2D eigenvalue weighted by Gasteiger charge is 2.22. The molecular weight excluding hydrogens is 468 g/mol. The molecule has 37 heavy (non-hydrogen) atoms. The number of amides is 2. The molecule has 2 amide bonds. The van der Waals surface area contributed by atoms with E-state index < -0.39 is 6.10 Å². The second-order valence-corrected chi connectivity index (χ2v) is 9.84. The summed E-state index contributed by atoms with van der Waals surface area (Å²) in [4.78, 5) is 37.6. The Kier molecular flexibility index (Phi) is 13.3. The highest BCUT2D eigenvalue weighted by atomic mass is 16.3. The number of hydrogen-bond acceptors (Lipinski definition) is 6. The van der Waals surface area contributed by atoms with Gasteiger partial charge in [0, 0.05) is 64.2 Å². The summed E-state index contributed by atoms with van der Waals surface area (Å²) in [5.74, 6) is -0.0264. The largest absolute Gasteiger partial charge is 0.390 e. The Hall–Kier alpha value is -2.81. The van der Waals surface area contributed by atoms with Crippen molar-refractivity contribution in [2.75, 3.05) is 46.3 Å². The lowest BCUT2D eigenvalue weighted by Gasteiger charge is -2.31. The van der Waals surface area contributed by atoms with Gasteiger partial charge in [-0.25, -0.2) is 0 Å². The third kappa shape index (κ3) is 10.6. The number of benzene rings is 1. The number of nitrogens with zero attached hydrogens (tertiary/aromatic N) is 2. The first kappa shape index (κ1) is 30.4.